The lowest BCUT2D eigenvalue weighted by molar-refractivity contribution is -0.0276. The van der Waals surface area contributed by atoms with Crippen LogP contribution in [0.4, 0.5) is 10.5 Å². The molecule has 0 saturated carbocycles. The van der Waals surface area contributed by atoms with Crippen molar-refractivity contribution < 1.29 is 13.9 Å². The number of nitrogens with one attached hydrogen (secondary N) is 1. The summed E-state index contributed by atoms with van der Waals surface area (Å²) in [5, 5.41) is 10.9. The molecule has 0 bridgehead atoms. The molecule has 2 amide bonds. The lowest BCUT2D eigenvalue weighted by Gasteiger charge is -2.31. The highest BCUT2D eigenvalue weighted by molar-refractivity contribution is 5.89. The fourth-order valence-corrected chi connectivity index (χ4v) is 2.34. The number of anilines is 1. The number of rotatable bonds is 3. The van der Waals surface area contributed by atoms with Crippen molar-refractivity contribution in [3.05, 3.63) is 35.8 Å². The Labute approximate surface area is 140 Å². The van der Waals surface area contributed by atoms with E-state index >= 15 is 0 Å². The summed E-state index contributed by atoms with van der Waals surface area (Å²) in [6.07, 6.45) is 1.23. The number of aryl methyl sites for hydroxylation is 1. The molecule has 2 aromatic heterocycles. The molecule has 0 spiro atoms. The van der Waals surface area contributed by atoms with Gasteiger partial charge in [-0.1, -0.05) is 13.8 Å². The third kappa shape index (κ3) is 3.70. The van der Waals surface area contributed by atoms with Crippen LogP contribution in [0.25, 0.3) is 0 Å². The predicted molar refractivity (Wildman–Crippen MR) is 86.6 cm³/mol. The van der Waals surface area contributed by atoms with Gasteiger partial charge in [0, 0.05) is 18.2 Å². The Hall–Kier alpha value is -2.48. The summed E-state index contributed by atoms with van der Waals surface area (Å²) in [5.41, 5.74) is 1.56. The van der Waals surface area contributed by atoms with Crippen molar-refractivity contribution in [3.63, 3.8) is 0 Å². The van der Waals surface area contributed by atoms with E-state index in [0.717, 1.165) is 5.69 Å². The van der Waals surface area contributed by atoms with Gasteiger partial charge in [-0.2, -0.15) is 0 Å². The fraction of sp³-hybridized carbons (Fsp3) is 0.500. The Kier molecular flexibility index (Phi) is 4.75. The number of amides is 2. The third-order valence-corrected chi connectivity index (χ3v) is 3.74. The highest BCUT2D eigenvalue weighted by Gasteiger charge is 2.29. The Balaban J connectivity index is 1.63. The molecular formula is C16H21N5O3. The molecule has 24 heavy (non-hydrogen) atoms. The van der Waals surface area contributed by atoms with Gasteiger partial charge in [0.25, 0.3) is 0 Å². The topological polar surface area (TPSA) is 93.4 Å². The number of hydrogen-bond donors (Lipinski definition) is 1. The van der Waals surface area contributed by atoms with Crippen LogP contribution in [0.3, 0.4) is 0 Å². The van der Waals surface area contributed by atoms with Gasteiger partial charge in [-0.05, 0) is 19.1 Å². The quantitative estimate of drug-likeness (QED) is 0.929. The Morgan fingerprint density at radius 3 is 2.88 bits per heavy atom. The van der Waals surface area contributed by atoms with Gasteiger partial charge < -0.3 is 19.4 Å². The SMILES string of the molecule is Cc1ccc(NC(=O)N2CCO[C@H](c3nnc(C(C)C)o3)C2)cn1. The summed E-state index contributed by atoms with van der Waals surface area (Å²) in [6.45, 7) is 7.15. The normalized spacial score (nSPS) is 18.0. The predicted octanol–water partition coefficient (Wildman–Crippen LogP) is 2.50. The van der Waals surface area contributed by atoms with E-state index < -0.39 is 6.10 Å². The molecule has 8 heteroatoms. The summed E-state index contributed by atoms with van der Waals surface area (Å²) in [7, 11) is 0. The van der Waals surface area contributed by atoms with Crippen molar-refractivity contribution in [1.82, 2.24) is 20.1 Å². The molecule has 128 valence electrons. The summed E-state index contributed by atoms with van der Waals surface area (Å²) in [6, 6.07) is 3.48. The van der Waals surface area contributed by atoms with E-state index in [1.807, 2.05) is 32.9 Å². The van der Waals surface area contributed by atoms with Gasteiger partial charge in [-0.25, -0.2) is 4.79 Å². The molecule has 1 saturated heterocycles. The number of aromatic nitrogens is 3. The largest absolute Gasteiger partial charge is 0.422 e. The van der Waals surface area contributed by atoms with Crippen molar-refractivity contribution in [2.45, 2.75) is 32.8 Å². The van der Waals surface area contributed by atoms with E-state index in [9.17, 15) is 4.79 Å². The van der Waals surface area contributed by atoms with Crippen molar-refractivity contribution in [2.24, 2.45) is 0 Å². The van der Waals surface area contributed by atoms with Crippen LogP contribution in [-0.4, -0.2) is 45.8 Å². The van der Waals surface area contributed by atoms with Crippen LogP contribution in [0.2, 0.25) is 0 Å². The number of nitrogens with zero attached hydrogens (tertiary/aromatic N) is 4. The van der Waals surface area contributed by atoms with Crippen LogP contribution >= 0.6 is 0 Å². The van der Waals surface area contributed by atoms with E-state index in [-0.39, 0.29) is 11.9 Å². The van der Waals surface area contributed by atoms with Crippen LogP contribution in [0.5, 0.6) is 0 Å². The number of urea groups is 1. The molecule has 1 aliphatic heterocycles. The molecule has 3 heterocycles. The minimum atomic E-state index is -0.402. The minimum Gasteiger partial charge on any atom is -0.422 e. The third-order valence-electron chi connectivity index (χ3n) is 3.74. The van der Waals surface area contributed by atoms with Gasteiger partial charge >= 0.3 is 6.03 Å². The molecular weight excluding hydrogens is 310 g/mol. The average Bonchev–Trinajstić information content (AvgIpc) is 3.07. The number of ether oxygens (including phenoxy) is 1. The first-order valence-electron chi connectivity index (χ1n) is 7.96. The monoisotopic (exact) mass is 331 g/mol. The van der Waals surface area contributed by atoms with Gasteiger partial charge in [0.05, 0.1) is 25.0 Å². The molecule has 0 radical (unpaired) electrons. The second-order valence-electron chi connectivity index (χ2n) is 6.06. The van der Waals surface area contributed by atoms with Crippen LogP contribution in [0.15, 0.2) is 22.7 Å². The van der Waals surface area contributed by atoms with Crippen molar-refractivity contribution in [3.8, 4) is 0 Å². The van der Waals surface area contributed by atoms with Crippen LogP contribution in [0.1, 0.15) is 43.3 Å². The highest BCUT2D eigenvalue weighted by Crippen LogP contribution is 2.23. The molecule has 0 aliphatic carbocycles. The minimum absolute atomic E-state index is 0.156. The van der Waals surface area contributed by atoms with E-state index in [1.165, 1.54) is 0 Å². The Bertz CT molecular complexity index is 698. The number of carbonyl (C=O) groups is 1. The van der Waals surface area contributed by atoms with E-state index in [1.54, 1.807) is 11.1 Å². The van der Waals surface area contributed by atoms with Gasteiger partial charge in [0.2, 0.25) is 11.8 Å². The van der Waals surface area contributed by atoms with Crippen molar-refractivity contribution in [1.29, 1.82) is 0 Å². The van der Waals surface area contributed by atoms with Crippen molar-refractivity contribution >= 4 is 11.7 Å². The molecule has 0 unspecified atom stereocenters. The zero-order valence-electron chi connectivity index (χ0n) is 14.0. The van der Waals surface area contributed by atoms with Gasteiger partial charge in [-0.3, -0.25) is 4.98 Å². The summed E-state index contributed by atoms with van der Waals surface area (Å²) >= 11 is 0. The number of hydrogen-bond acceptors (Lipinski definition) is 6. The maximum Gasteiger partial charge on any atom is 0.322 e. The Morgan fingerprint density at radius 2 is 2.21 bits per heavy atom. The number of carbonyl (C=O) groups excluding carboxylic acids is 1. The molecule has 2 aromatic rings. The van der Waals surface area contributed by atoms with E-state index in [2.05, 4.69) is 20.5 Å². The second kappa shape index (κ2) is 6.96. The molecule has 0 aromatic carbocycles. The Morgan fingerprint density at radius 1 is 1.38 bits per heavy atom. The number of morpholine rings is 1. The fourth-order valence-electron chi connectivity index (χ4n) is 2.34. The first-order chi connectivity index (χ1) is 11.5. The summed E-state index contributed by atoms with van der Waals surface area (Å²) in [4.78, 5) is 18.2. The smallest absolute Gasteiger partial charge is 0.322 e. The molecule has 1 atom stereocenters. The molecule has 1 fully saturated rings. The lowest BCUT2D eigenvalue weighted by atomic mass is 10.2. The van der Waals surface area contributed by atoms with Gasteiger partial charge in [0.15, 0.2) is 6.10 Å². The van der Waals surface area contributed by atoms with E-state index in [0.29, 0.717) is 37.2 Å². The first-order valence-corrected chi connectivity index (χ1v) is 7.96. The average molecular weight is 331 g/mol. The van der Waals surface area contributed by atoms with Crippen LogP contribution in [0, 0.1) is 6.92 Å². The number of pyridine rings is 1. The van der Waals surface area contributed by atoms with Gasteiger partial charge in [-0.15, -0.1) is 10.2 Å². The van der Waals surface area contributed by atoms with Gasteiger partial charge in [0.1, 0.15) is 0 Å². The van der Waals surface area contributed by atoms with E-state index in [4.69, 9.17) is 9.15 Å². The zero-order valence-corrected chi connectivity index (χ0v) is 14.0. The maximum absolute atomic E-state index is 12.4. The molecule has 3 rings (SSSR count). The van der Waals surface area contributed by atoms with Crippen molar-refractivity contribution in [2.75, 3.05) is 25.0 Å². The van der Waals surface area contributed by atoms with Crippen LogP contribution < -0.4 is 5.32 Å². The molecule has 1 N–H and O–H groups in total. The van der Waals surface area contributed by atoms with Crippen LogP contribution in [-0.2, 0) is 4.74 Å². The summed E-state index contributed by atoms with van der Waals surface area (Å²) < 4.78 is 11.3. The highest BCUT2D eigenvalue weighted by atomic mass is 16.5. The standard InChI is InChI=1S/C16H21N5O3/c1-10(2)14-19-20-15(24-14)13-9-21(6-7-23-13)16(22)18-12-5-4-11(3)17-8-12/h4-5,8,10,13H,6-7,9H2,1-3H3,(H,18,22)/t13-/m0/s1. The summed E-state index contributed by atoms with van der Waals surface area (Å²) in [5.74, 6) is 1.14. The molecule has 8 nitrogen and oxygen atoms in total. The first kappa shape index (κ1) is 16.4. The molecule has 1 aliphatic rings. The second-order valence-corrected chi connectivity index (χ2v) is 6.06. The lowest BCUT2D eigenvalue weighted by Crippen LogP contribution is -2.44. The maximum atomic E-state index is 12.4. The zero-order chi connectivity index (χ0) is 17.1.